The Morgan fingerprint density at radius 2 is 1.88 bits per heavy atom. The molecule has 1 atom stereocenters. The lowest BCUT2D eigenvalue weighted by Gasteiger charge is -2.15. The van der Waals surface area contributed by atoms with E-state index >= 15 is 0 Å². The topological polar surface area (TPSA) is 45.0 Å². The number of rotatable bonds is 5. The number of amides is 1. The molecule has 0 N–H and O–H groups in total. The lowest BCUT2D eigenvalue weighted by atomic mass is 10.2. The van der Waals surface area contributed by atoms with Gasteiger partial charge in [-0.1, -0.05) is 61.2 Å². The van der Waals surface area contributed by atoms with Gasteiger partial charge in [-0.3, -0.25) is 9.69 Å². The fourth-order valence-corrected chi connectivity index (χ4v) is 3.47. The number of carbonyl (C=O) groups is 1. The predicted molar refractivity (Wildman–Crippen MR) is 100 cm³/mol. The van der Waals surface area contributed by atoms with Crippen LogP contribution in [0.3, 0.4) is 0 Å². The average molecular weight is 355 g/mol. The summed E-state index contributed by atoms with van der Waals surface area (Å²) in [5, 5.41) is 8.79. The van der Waals surface area contributed by atoms with Crippen LogP contribution in [0.5, 0.6) is 0 Å². The lowest BCUT2D eigenvalue weighted by molar-refractivity contribution is -0.126. The van der Waals surface area contributed by atoms with Gasteiger partial charge in [0, 0.05) is 0 Å². The third kappa shape index (κ3) is 4.33. The number of hydrogen-bond donors (Lipinski definition) is 0. The van der Waals surface area contributed by atoms with E-state index < -0.39 is 0 Å². The lowest BCUT2D eigenvalue weighted by Crippen LogP contribution is -2.31. The molecule has 1 saturated heterocycles. The predicted octanol–water partition coefficient (Wildman–Crippen LogP) is 4.07. The molecule has 0 aliphatic carbocycles. The fraction of sp³-hybridized carbons (Fsp3) is 0.211. The first kappa shape index (κ1) is 17.4. The number of amidine groups is 1. The van der Waals surface area contributed by atoms with Gasteiger partial charge in [-0.15, -0.1) is 5.10 Å². The number of halogens is 1. The molecule has 128 valence electrons. The van der Waals surface area contributed by atoms with E-state index in [4.69, 9.17) is 0 Å². The Labute approximate surface area is 150 Å². The monoisotopic (exact) mass is 355 g/mol. The molecular formula is C19H18FN3OS. The van der Waals surface area contributed by atoms with E-state index in [1.165, 1.54) is 23.9 Å². The summed E-state index contributed by atoms with van der Waals surface area (Å²) in [6, 6.07) is 15.8. The highest BCUT2D eigenvalue weighted by Crippen LogP contribution is 2.30. The molecule has 3 rings (SSSR count). The third-order valence-corrected chi connectivity index (χ3v) is 5.13. The molecule has 0 saturated carbocycles. The van der Waals surface area contributed by atoms with Gasteiger partial charge in [0.15, 0.2) is 5.17 Å². The largest absolute Gasteiger partial charge is 0.284 e. The molecule has 0 bridgehead atoms. The van der Waals surface area contributed by atoms with Gasteiger partial charge in [-0.25, -0.2) is 4.39 Å². The Morgan fingerprint density at radius 1 is 1.16 bits per heavy atom. The molecular weight excluding hydrogens is 337 g/mol. The average Bonchev–Trinajstić information content (AvgIpc) is 2.93. The zero-order valence-electron chi connectivity index (χ0n) is 13.8. The Kier molecular flexibility index (Phi) is 5.60. The van der Waals surface area contributed by atoms with Gasteiger partial charge in [-0.2, -0.15) is 5.10 Å². The van der Waals surface area contributed by atoms with Crippen molar-refractivity contribution in [3.05, 3.63) is 71.5 Å². The van der Waals surface area contributed by atoms with Gasteiger partial charge in [0.2, 0.25) is 5.91 Å². The summed E-state index contributed by atoms with van der Waals surface area (Å²) < 4.78 is 13.1. The Hall–Kier alpha value is -2.47. The second-order valence-electron chi connectivity index (χ2n) is 5.60. The fourth-order valence-electron chi connectivity index (χ4n) is 2.45. The molecule has 0 radical (unpaired) electrons. The van der Waals surface area contributed by atoms with Crippen LogP contribution in [0, 0.1) is 5.82 Å². The molecule has 0 aromatic heterocycles. The normalized spacial score (nSPS) is 19.3. The van der Waals surface area contributed by atoms with Crippen molar-refractivity contribution in [3.63, 3.8) is 0 Å². The summed E-state index contributed by atoms with van der Waals surface area (Å²) in [6.45, 7) is 2.34. The SMILES string of the molecule is CCC1S/C(=N\N=C\c2ccccc2)N(Cc2ccc(F)cc2)C1=O. The van der Waals surface area contributed by atoms with Crippen LogP contribution in [0.1, 0.15) is 24.5 Å². The van der Waals surface area contributed by atoms with Crippen LogP contribution >= 0.6 is 11.8 Å². The van der Waals surface area contributed by atoms with E-state index in [9.17, 15) is 9.18 Å². The van der Waals surface area contributed by atoms with Crippen molar-refractivity contribution >= 4 is 29.1 Å². The van der Waals surface area contributed by atoms with Gasteiger partial charge in [-0.05, 0) is 29.7 Å². The van der Waals surface area contributed by atoms with Crippen LogP contribution in [-0.4, -0.2) is 27.4 Å². The van der Waals surface area contributed by atoms with Gasteiger partial charge in [0.1, 0.15) is 5.82 Å². The first-order valence-electron chi connectivity index (χ1n) is 8.06. The smallest absolute Gasteiger partial charge is 0.242 e. The van der Waals surface area contributed by atoms with Crippen molar-refractivity contribution in [1.29, 1.82) is 0 Å². The zero-order chi connectivity index (χ0) is 17.6. The van der Waals surface area contributed by atoms with Crippen LogP contribution in [0.4, 0.5) is 4.39 Å². The number of carbonyl (C=O) groups excluding carboxylic acids is 1. The van der Waals surface area contributed by atoms with E-state index in [-0.39, 0.29) is 17.0 Å². The van der Waals surface area contributed by atoms with E-state index in [0.29, 0.717) is 11.7 Å². The second kappa shape index (κ2) is 8.07. The minimum Gasteiger partial charge on any atom is -0.284 e. The maximum atomic E-state index is 13.1. The molecule has 4 nitrogen and oxygen atoms in total. The van der Waals surface area contributed by atoms with Crippen molar-refractivity contribution in [1.82, 2.24) is 4.90 Å². The van der Waals surface area contributed by atoms with Crippen molar-refractivity contribution in [3.8, 4) is 0 Å². The van der Waals surface area contributed by atoms with Crippen LogP contribution in [0.25, 0.3) is 0 Å². The second-order valence-corrected chi connectivity index (χ2v) is 6.77. The summed E-state index contributed by atoms with van der Waals surface area (Å²) >= 11 is 1.42. The summed E-state index contributed by atoms with van der Waals surface area (Å²) in [5.41, 5.74) is 1.80. The first-order chi connectivity index (χ1) is 12.2. The molecule has 2 aromatic rings. The van der Waals surface area contributed by atoms with Gasteiger partial charge < -0.3 is 0 Å². The van der Waals surface area contributed by atoms with Crippen LogP contribution < -0.4 is 0 Å². The maximum Gasteiger partial charge on any atom is 0.242 e. The molecule has 1 aliphatic heterocycles. The summed E-state index contributed by atoms with van der Waals surface area (Å²) in [5.74, 6) is -0.274. The standard InChI is InChI=1S/C19H18FN3OS/c1-2-17-18(24)23(13-15-8-10-16(20)11-9-15)19(25-17)22-21-12-14-6-4-3-5-7-14/h3-12,17H,2,13H2,1H3/b21-12+,22-19-. The maximum absolute atomic E-state index is 13.1. The quantitative estimate of drug-likeness (QED) is 0.599. The first-order valence-corrected chi connectivity index (χ1v) is 8.94. The highest BCUT2D eigenvalue weighted by atomic mass is 32.2. The molecule has 0 spiro atoms. The summed E-state index contributed by atoms with van der Waals surface area (Å²) in [6.07, 6.45) is 2.39. The van der Waals surface area contributed by atoms with E-state index in [1.54, 1.807) is 23.2 Å². The molecule has 6 heteroatoms. The molecule has 1 fully saturated rings. The summed E-state index contributed by atoms with van der Waals surface area (Å²) in [7, 11) is 0. The van der Waals surface area contributed by atoms with Gasteiger partial charge in [0.05, 0.1) is 18.0 Å². The van der Waals surface area contributed by atoms with Crippen LogP contribution in [-0.2, 0) is 11.3 Å². The molecule has 25 heavy (non-hydrogen) atoms. The molecule has 1 amide bonds. The minimum absolute atomic E-state index is 0.0190. The minimum atomic E-state index is -0.293. The van der Waals surface area contributed by atoms with Crippen molar-refractivity contribution in [2.45, 2.75) is 25.1 Å². The van der Waals surface area contributed by atoms with Crippen LogP contribution in [0.15, 0.2) is 64.8 Å². The van der Waals surface area contributed by atoms with Gasteiger partial charge in [0.25, 0.3) is 0 Å². The number of hydrogen-bond acceptors (Lipinski definition) is 4. The third-order valence-electron chi connectivity index (χ3n) is 3.79. The van der Waals surface area contributed by atoms with Crippen LogP contribution in [0.2, 0.25) is 0 Å². The van der Waals surface area contributed by atoms with Crippen molar-refractivity contribution in [2.24, 2.45) is 10.2 Å². The van der Waals surface area contributed by atoms with Gasteiger partial charge >= 0.3 is 0 Å². The van der Waals surface area contributed by atoms with E-state index in [0.717, 1.165) is 17.5 Å². The zero-order valence-corrected chi connectivity index (χ0v) is 14.6. The van der Waals surface area contributed by atoms with E-state index in [2.05, 4.69) is 10.2 Å². The number of benzene rings is 2. The molecule has 1 unspecified atom stereocenters. The molecule has 2 aromatic carbocycles. The molecule has 1 aliphatic rings. The van der Waals surface area contributed by atoms with Crippen molar-refractivity contribution in [2.75, 3.05) is 0 Å². The number of thioether (sulfide) groups is 1. The Bertz CT molecular complexity index is 790. The highest BCUT2D eigenvalue weighted by Gasteiger charge is 2.36. The Morgan fingerprint density at radius 3 is 2.56 bits per heavy atom. The highest BCUT2D eigenvalue weighted by molar-refractivity contribution is 8.15. The number of nitrogens with zero attached hydrogens (tertiary/aromatic N) is 3. The van der Waals surface area contributed by atoms with Crippen molar-refractivity contribution < 1.29 is 9.18 Å². The van der Waals surface area contributed by atoms with E-state index in [1.807, 2.05) is 37.3 Å². The Balaban J connectivity index is 1.79. The summed E-state index contributed by atoms with van der Waals surface area (Å²) in [4.78, 5) is 14.2. The molecule has 1 heterocycles.